The fourth-order valence-corrected chi connectivity index (χ4v) is 2.41. The highest BCUT2D eigenvalue weighted by molar-refractivity contribution is 5.29. The predicted octanol–water partition coefficient (Wildman–Crippen LogP) is 1.55. The molecule has 0 aliphatic carbocycles. The van der Waals surface area contributed by atoms with E-state index >= 15 is 0 Å². The fourth-order valence-electron chi connectivity index (χ4n) is 2.41. The van der Waals surface area contributed by atoms with Crippen LogP contribution >= 0.6 is 0 Å². The summed E-state index contributed by atoms with van der Waals surface area (Å²) >= 11 is 0. The third-order valence-corrected chi connectivity index (χ3v) is 3.70. The predicted molar refractivity (Wildman–Crippen MR) is 68.1 cm³/mol. The van der Waals surface area contributed by atoms with Gasteiger partial charge in [-0.05, 0) is 12.8 Å². The molecule has 0 spiro atoms. The lowest BCUT2D eigenvalue weighted by Gasteiger charge is -2.27. The van der Waals surface area contributed by atoms with E-state index in [1.54, 1.807) is 0 Å². The molecule has 4 heteroatoms. The van der Waals surface area contributed by atoms with Crippen LogP contribution in [0, 0.1) is 0 Å². The van der Waals surface area contributed by atoms with Crippen molar-refractivity contribution in [2.45, 2.75) is 38.0 Å². The molecular weight excluding hydrogens is 214 g/mol. The van der Waals surface area contributed by atoms with Gasteiger partial charge in [-0.1, -0.05) is 13.8 Å². The quantitative estimate of drug-likeness (QED) is 0.868. The number of hydrogen-bond donors (Lipinski definition) is 1. The second-order valence-electron chi connectivity index (χ2n) is 5.58. The first kappa shape index (κ1) is 12.6. The summed E-state index contributed by atoms with van der Waals surface area (Å²) in [5.74, 6) is 0.533. The minimum Gasteiger partial charge on any atom is -0.381 e. The highest BCUT2D eigenvalue weighted by Gasteiger charge is 2.29. The first-order valence-corrected chi connectivity index (χ1v) is 6.36. The Kier molecular flexibility index (Phi) is 3.54. The maximum atomic E-state index is 5.88. The van der Waals surface area contributed by atoms with E-state index in [-0.39, 0.29) is 5.41 Å². The minimum atomic E-state index is 0.00188. The molecule has 1 aromatic heterocycles. The molecule has 1 saturated heterocycles. The monoisotopic (exact) mass is 237 g/mol. The lowest BCUT2D eigenvalue weighted by molar-refractivity contribution is 0.0840. The highest BCUT2D eigenvalue weighted by atomic mass is 16.5. The molecule has 1 aromatic rings. The maximum Gasteiger partial charge on any atom is 0.0694 e. The van der Waals surface area contributed by atoms with Crippen molar-refractivity contribution in [1.82, 2.24) is 9.78 Å². The largest absolute Gasteiger partial charge is 0.381 e. The normalized spacial score (nSPS) is 18.6. The summed E-state index contributed by atoms with van der Waals surface area (Å²) in [4.78, 5) is 0. The van der Waals surface area contributed by atoms with Crippen molar-refractivity contribution in [3.63, 3.8) is 0 Å². The van der Waals surface area contributed by atoms with Gasteiger partial charge < -0.3 is 10.5 Å². The number of ether oxygens (including phenoxy) is 1. The summed E-state index contributed by atoms with van der Waals surface area (Å²) in [5, 5.41) is 4.65. The second-order valence-corrected chi connectivity index (χ2v) is 5.58. The van der Waals surface area contributed by atoms with E-state index in [4.69, 9.17) is 10.5 Å². The Morgan fingerprint density at radius 1 is 1.47 bits per heavy atom. The Hall–Kier alpha value is -0.870. The summed E-state index contributed by atoms with van der Waals surface area (Å²) in [6.45, 7) is 6.72. The van der Waals surface area contributed by atoms with E-state index in [9.17, 15) is 0 Å². The Labute approximate surface area is 103 Å². The molecule has 0 atom stereocenters. The van der Waals surface area contributed by atoms with E-state index in [2.05, 4.69) is 25.1 Å². The van der Waals surface area contributed by atoms with Crippen LogP contribution in [0.5, 0.6) is 0 Å². The fraction of sp³-hybridized carbons (Fsp3) is 0.769. The zero-order valence-electron chi connectivity index (χ0n) is 11.1. The number of nitrogens with zero attached hydrogens (tertiary/aromatic N) is 2. The third kappa shape index (κ3) is 2.53. The van der Waals surface area contributed by atoms with Gasteiger partial charge in [-0.15, -0.1) is 0 Å². The Morgan fingerprint density at radius 2 is 2.12 bits per heavy atom. The van der Waals surface area contributed by atoms with Crippen molar-refractivity contribution < 1.29 is 4.74 Å². The standard InChI is InChI=1S/C13H23N3O/c1-13(2,9-14)11-8-16(3)15-12(11)10-4-6-17-7-5-10/h8,10H,4-7,9,14H2,1-3H3. The molecule has 0 amide bonds. The van der Waals surface area contributed by atoms with Crippen LogP contribution in [-0.4, -0.2) is 29.5 Å². The van der Waals surface area contributed by atoms with Gasteiger partial charge in [0.05, 0.1) is 5.69 Å². The van der Waals surface area contributed by atoms with Crippen LogP contribution in [0.3, 0.4) is 0 Å². The van der Waals surface area contributed by atoms with Crippen molar-refractivity contribution >= 4 is 0 Å². The third-order valence-electron chi connectivity index (χ3n) is 3.70. The van der Waals surface area contributed by atoms with Crippen LogP contribution in [0.4, 0.5) is 0 Å². The summed E-state index contributed by atoms with van der Waals surface area (Å²) in [6, 6.07) is 0. The van der Waals surface area contributed by atoms with Gasteiger partial charge in [0.25, 0.3) is 0 Å². The number of aryl methyl sites for hydroxylation is 1. The van der Waals surface area contributed by atoms with Crippen LogP contribution in [0.15, 0.2) is 6.20 Å². The van der Waals surface area contributed by atoms with Gasteiger partial charge in [0.15, 0.2) is 0 Å². The molecule has 1 aliphatic rings. The molecule has 0 aromatic carbocycles. The van der Waals surface area contributed by atoms with Crippen molar-refractivity contribution in [2.75, 3.05) is 19.8 Å². The molecule has 0 saturated carbocycles. The van der Waals surface area contributed by atoms with Crippen LogP contribution in [0.1, 0.15) is 43.9 Å². The molecule has 17 heavy (non-hydrogen) atoms. The van der Waals surface area contributed by atoms with Gasteiger partial charge >= 0.3 is 0 Å². The van der Waals surface area contributed by atoms with Gasteiger partial charge in [0, 0.05) is 49.9 Å². The van der Waals surface area contributed by atoms with Crippen LogP contribution in [0.25, 0.3) is 0 Å². The highest BCUT2D eigenvalue weighted by Crippen LogP contribution is 2.34. The second kappa shape index (κ2) is 4.78. The van der Waals surface area contributed by atoms with Crippen LogP contribution < -0.4 is 5.73 Å². The van der Waals surface area contributed by atoms with E-state index in [1.165, 1.54) is 11.3 Å². The average Bonchev–Trinajstić information content (AvgIpc) is 2.73. The van der Waals surface area contributed by atoms with E-state index in [1.807, 2.05) is 11.7 Å². The molecule has 0 bridgehead atoms. The number of hydrogen-bond acceptors (Lipinski definition) is 3. The Bertz CT molecular complexity index is 378. The van der Waals surface area contributed by atoms with Crippen molar-refractivity contribution in [3.05, 3.63) is 17.5 Å². The molecule has 0 radical (unpaired) electrons. The number of nitrogens with two attached hydrogens (primary N) is 1. The average molecular weight is 237 g/mol. The maximum absolute atomic E-state index is 5.88. The van der Waals surface area contributed by atoms with Gasteiger partial charge in [-0.25, -0.2) is 0 Å². The molecular formula is C13H23N3O. The lowest BCUT2D eigenvalue weighted by atomic mass is 9.81. The van der Waals surface area contributed by atoms with Crippen LogP contribution in [0.2, 0.25) is 0 Å². The van der Waals surface area contributed by atoms with E-state index in [0.717, 1.165) is 26.1 Å². The SMILES string of the molecule is Cn1cc(C(C)(C)CN)c(C2CCOCC2)n1. The molecule has 96 valence electrons. The van der Waals surface area contributed by atoms with E-state index < -0.39 is 0 Å². The molecule has 1 aliphatic heterocycles. The smallest absolute Gasteiger partial charge is 0.0694 e. The Balaban J connectivity index is 2.32. The van der Waals surface area contributed by atoms with Gasteiger partial charge in [0.2, 0.25) is 0 Å². The topological polar surface area (TPSA) is 53.1 Å². The first-order chi connectivity index (χ1) is 8.04. The number of rotatable bonds is 3. The lowest BCUT2D eigenvalue weighted by Crippen LogP contribution is -2.30. The van der Waals surface area contributed by atoms with Crippen molar-refractivity contribution in [1.29, 1.82) is 0 Å². The molecule has 2 rings (SSSR count). The molecule has 0 unspecified atom stereocenters. The summed E-state index contributed by atoms with van der Waals surface area (Å²) in [6.07, 6.45) is 4.27. The van der Waals surface area contributed by atoms with Crippen molar-refractivity contribution in [3.8, 4) is 0 Å². The number of aromatic nitrogens is 2. The zero-order chi connectivity index (χ0) is 12.5. The summed E-state index contributed by atoms with van der Waals surface area (Å²) in [7, 11) is 1.99. The Morgan fingerprint density at radius 3 is 2.71 bits per heavy atom. The first-order valence-electron chi connectivity index (χ1n) is 6.36. The van der Waals surface area contributed by atoms with E-state index in [0.29, 0.717) is 12.5 Å². The summed E-state index contributed by atoms with van der Waals surface area (Å²) < 4.78 is 7.33. The van der Waals surface area contributed by atoms with Gasteiger partial charge in [-0.3, -0.25) is 4.68 Å². The van der Waals surface area contributed by atoms with Gasteiger partial charge in [0.1, 0.15) is 0 Å². The van der Waals surface area contributed by atoms with Gasteiger partial charge in [-0.2, -0.15) is 5.10 Å². The zero-order valence-corrected chi connectivity index (χ0v) is 11.1. The van der Waals surface area contributed by atoms with Crippen molar-refractivity contribution in [2.24, 2.45) is 12.8 Å². The summed E-state index contributed by atoms with van der Waals surface area (Å²) in [5.41, 5.74) is 8.41. The molecule has 2 heterocycles. The molecule has 4 nitrogen and oxygen atoms in total. The van der Waals surface area contributed by atoms with Crippen LogP contribution in [-0.2, 0) is 17.2 Å². The minimum absolute atomic E-state index is 0.00188. The molecule has 2 N–H and O–H groups in total. The molecule has 1 fully saturated rings.